The Morgan fingerprint density at radius 3 is 2.50 bits per heavy atom. The molecule has 3 N–H and O–H groups in total. The highest BCUT2D eigenvalue weighted by Gasteiger charge is 2.37. The average molecular weight is 274 g/mol. The smallest absolute Gasteiger partial charge is 0.227 e. The molecule has 0 heterocycles. The van der Waals surface area contributed by atoms with Gasteiger partial charge in [0.05, 0.1) is 5.41 Å². The topological polar surface area (TPSA) is 55.1 Å². The fourth-order valence-corrected chi connectivity index (χ4v) is 3.09. The Labute approximate surface area is 121 Å². The van der Waals surface area contributed by atoms with Crippen molar-refractivity contribution in [1.82, 2.24) is 5.32 Å². The van der Waals surface area contributed by atoms with E-state index in [1.165, 1.54) is 12.0 Å². The minimum absolute atomic E-state index is 0.155. The van der Waals surface area contributed by atoms with E-state index in [0.29, 0.717) is 19.0 Å². The second-order valence-electron chi connectivity index (χ2n) is 6.07. The maximum absolute atomic E-state index is 12.5. The monoisotopic (exact) mass is 274 g/mol. The molecule has 1 aliphatic carbocycles. The van der Waals surface area contributed by atoms with E-state index >= 15 is 0 Å². The van der Waals surface area contributed by atoms with Crippen LogP contribution >= 0.6 is 0 Å². The summed E-state index contributed by atoms with van der Waals surface area (Å²) in [4.78, 5) is 12.5. The molecule has 1 aromatic carbocycles. The molecule has 1 saturated carbocycles. The van der Waals surface area contributed by atoms with Crippen LogP contribution in [0, 0.1) is 5.41 Å². The normalized spacial score (nSPS) is 19.3. The Morgan fingerprint density at radius 2 is 1.90 bits per heavy atom. The van der Waals surface area contributed by atoms with Crippen molar-refractivity contribution in [3.8, 4) is 0 Å². The van der Waals surface area contributed by atoms with Crippen molar-refractivity contribution >= 4 is 5.91 Å². The van der Waals surface area contributed by atoms with Gasteiger partial charge >= 0.3 is 0 Å². The van der Waals surface area contributed by atoms with E-state index in [0.717, 1.165) is 25.7 Å². The van der Waals surface area contributed by atoms with Gasteiger partial charge in [0.2, 0.25) is 5.91 Å². The van der Waals surface area contributed by atoms with Gasteiger partial charge in [0.1, 0.15) is 0 Å². The standard InChI is InChI=1S/C17H26N2O/c1-14(15-8-4-2-5-9-15)12-19-16(20)17(13-18)10-6-3-7-11-17/h2,4-5,8-9,14H,3,6-7,10-13,18H2,1H3,(H,19,20). The molecular weight excluding hydrogens is 248 g/mol. The van der Waals surface area contributed by atoms with E-state index in [1.54, 1.807) is 0 Å². The lowest BCUT2D eigenvalue weighted by Crippen LogP contribution is -2.47. The molecule has 1 unspecified atom stereocenters. The number of amides is 1. The molecule has 1 aromatic rings. The Kier molecular flexibility index (Phi) is 5.18. The summed E-state index contributed by atoms with van der Waals surface area (Å²) in [5.74, 6) is 0.487. The third kappa shape index (κ3) is 3.40. The van der Waals surface area contributed by atoms with Crippen molar-refractivity contribution < 1.29 is 4.79 Å². The molecule has 1 aliphatic rings. The zero-order valence-electron chi connectivity index (χ0n) is 12.4. The predicted octanol–water partition coefficient (Wildman–Crippen LogP) is 2.82. The molecule has 0 spiro atoms. The molecule has 1 fully saturated rings. The van der Waals surface area contributed by atoms with Gasteiger partial charge < -0.3 is 11.1 Å². The van der Waals surface area contributed by atoms with Gasteiger partial charge in [0.25, 0.3) is 0 Å². The minimum atomic E-state index is -0.311. The summed E-state index contributed by atoms with van der Waals surface area (Å²) < 4.78 is 0. The number of benzene rings is 1. The summed E-state index contributed by atoms with van der Waals surface area (Å²) in [6, 6.07) is 10.3. The molecule has 0 saturated heterocycles. The molecule has 110 valence electrons. The highest BCUT2D eigenvalue weighted by Crippen LogP contribution is 2.35. The molecule has 1 amide bonds. The highest BCUT2D eigenvalue weighted by atomic mass is 16.2. The first kappa shape index (κ1) is 15.0. The fourth-order valence-electron chi connectivity index (χ4n) is 3.09. The molecule has 0 bridgehead atoms. The average Bonchev–Trinajstić information content (AvgIpc) is 2.53. The van der Waals surface area contributed by atoms with E-state index in [2.05, 4.69) is 24.4 Å². The number of nitrogens with two attached hydrogens (primary N) is 1. The molecule has 20 heavy (non-hydrogen) atoms. The number of carbonyl (C=O) groups excluding carboxylic acids is 1. The molecule has 2 rings (SSSR count). The van der Waals surface area contributed by atoms with Gasteiger partial charge in [-0.2, -0.15) is 0 Å². The van der Waals surface area contributed by atoms with Crippen LogP contribution in [0.1, 0.15) is 50.5 Å². The molecule has 3 heteroatoms. The van der Waals surface area contributed by atoms with Crippen LogP contribution in [0.4, 0.5) is 0 Å². The van der Waals surface area contributed by atoms with Crippen LogP contribution in [0.25, 0.3) is 0 Å². The summed E-state index contributed by atoms with van der Waals surface area (Å²) in [6.07, 6.45) is 5.36. The summed E-state index contributed by atoms with van der Waals surface area (Å²) in [7, 11) is 0. The second kappa shape index (κ2) is 6.89. The van der Waals surface area contributed by atoms with E-state index in [-0.39, 0.29) is 11.3 Å². The first-order chi connectivity index (χ1) is 9.68. The lowest BCUT2D eigenvalue weighted by atomic mass is 9.73. The van der Waals surface area contributed by atoms with Crippen LogP contribution in [-0.4, -0.2) is 19.0 Å². The quantitative estimate of drug-likeness (QED) is 0.867. The first-order valence-electron chi connectivity index (χ1n) is 7.71. The first-order valence-corrected chi connectivity index (χ1v) is 7.71. The van der Waals surface area contributed by atoms with Gasteiger partial charge in [-0.15, -0.1) is 0 Å². The Bertz CT molecular complexity index is 424. The van der Waals surface area contributed by atoms with Crippen molar-refractivity contribution in [3.63, 3.8) is 0 Å². The van der Waals surface area contributed by atoms with E-state index < -0.39 is 0 Å². The third-order valence-corrected chi connectivity index (χ3v) is 4.62. The maximum Gasteiger partial charge on any atom is 0.227 e. The lowest BCUT2D eigenvalue weighted by Gasteiger charge is -2.35. The summed E-state index contributed by atoms with van der Waals surface area (Å²) in [5.41, 5.74) is 6.85. The summed E-state index contributed by atoms with van der Waals surface area (Å²) >= 11 is 0. The fraction of sp³-hybridized carbons (Fsp3) is 0.588. The third-order valence-electron chi connectivity index (χ3n) is 4.62. The largest absolute Gasteiger partial charge is 0.355 e. The molecule has 0 aliphatic heterocycles. The number of rotatable bonds is 5. The SMILES string of the molecule is CC(CNC(=O)C1(CN)CCCCC1)c1ccccc1. The van der Waals surface area contributed by atoms with Crippen molar-refractivity contribution in [2.75, 3.05) is 13.1 Å². The molecule has 3 nitrogen and oxygen atoms in total. The maximum atomic E-state index is 12.5. The molecular formula is C17H26N2O. The summed E-state index contributed by atoms with van der Waals surface area (Å²) in [5, 5.41) is 3.12. The van der Waals surface area contributed by atoms with Crippen molar-refractivity contribution in [3.05, 3.63) is 35.9 Å². The zero-order chi connectivity index (χ0) is 14.4. The molecule has 0 aromatic heterocycles. The Morgan fingerprint density at radius 1 is 1.25 bits per heavy atom. The van der Waals surface area contributed by atoms with Gasteiger partial charge in [-0.05, 0) is 24.3 Å². The zero-order valence-corrected chi connectivity index (χ0v) is 12.4. The predicted molar refractivity (Wildman–Crippen MR) is 82.4 cm³/mol. The van der Waals surface area contributed by atoms with Crippen molar-refractivity contribution in [2.24, 2.45) is 11.1 Å². The number of carbonyl (C=O) groups is 1. The van der Waals surface area contributed by atoms with E-state index in [9.17, 15) is 4.79 Å². The van der Waals surface area contributed by atoms with E-state index in [4.69, 9.17) is 5.73 Å². The van der Waals surface area contributed by atoms with Gasteiger partial charge in [0, 0.05) is 13.1 Å². The number of hydrogen-bond acceptors (Lipinski definition) is 2. The highest BCUT2D eigenvalue weighted by molar-refractivity contribution is 5.83. The Balaban J connectivity index is 1.91. The van der Waals surface area contributed by atoms with Crippen LogP contribution in [0.5, 0.6) is 0 Å². The Hall–Kier alpha value is -1.35. The number of nitrogens with one attached hydrogen (secondary N) is 1. The molecule has 0 radical (unpaired) electrons. The van der Waals surface area contributed by atoms with Gasteiger partial charge in [-0.3, -0.25) is 4.79 Å². The van der Waals surface area contributed by atoms with Crippen molar-refractivity contribution in [2.45, 2.75) is 44.9 Å². The summed E-state index contributed by atoms with van der Waals surface area (Å²) in [6.45, 7) is 3.30. The van der Waals surface area contributed by atoms with Gasteiger partial charge in [-0.25, -0.2) is 0 Å². The van der Waals surface area contributed by atoms with Crippen LogP contribution in [-0.2, 0) is 4.79 Å². The minimum Gasteiger partial charge on any atom is -0.355 e. The molecule has 1 atom stereocenters. The second-order valence-corrected chi connectivity index (χ2v) is 6.07. The van der Waals surface area contributed by atoms with Crippen LogP contribution in [0.15, 0.2) is 30.3 Å². The van der Waals surface area contributed by atoms with Crippen LogP contribution in [0.2, 0.25) is 0 Å². The van der Waals surface area contributed by atoms with Gasteiger partial charge in [-0.1, -0.05) is 56.5 Å². The number of hydrogen-bond donors (Lipinski definition) is 2. The van der Waals surface area contributed by atoms with Gasteiger partial charge in [0.15, 0.2) is 0 Å². The van der Waals surface area contributed by atoms with Crippen LogP contribution < -0.4 is 11.1 Å². The van der Waals surface area contributed by atoms with E-state index in [1.807, 2.05) is 18.2 Å². The van der Waals surface area contributed by atoms with Crippen molar-refractivity contribution in [1.29, 1.82) is 0 Å². The lowest BCUT2D eigenvalue weighted by molar-refractivity contribution is -0.132. The van der Waals surface area contributed by atoms with Crippen LogP contribution in [0.3, 0.4) is 0 Å².